The second kappa shape index (κ2) is 5.17. The van der Waals surface area contributed by atoms with Gasteiger partial charge in [-0.05, 0) is 24.6 Å². The van der Waals surface area contributed by atoms with Crippen molar-refractivity contribution in [2.75, 3.05) is 18.5 Å². The molecule has 1 N–H and O–H groups in total. The summed E-state index contributed by atoms with van der Waals surface area (Å²) in [6.07, 6.45) is 0.660. The lowest BCUT2D eigenvalue weighted by Gasteiger charge is -2.15. The fourth-order valence-electron chi connectivity index (χ4n) is 2.01. The van der Waals surface area contributed by atoms with Crippen molar-refractivity contribution < 1.29 is 18.8 Å². The van der Waals surface area contributed by atoms with Gasteiger partial charge in [-0.25, -0.2) is 4.39 Å². The summed E-state index contributed by atoms with van der Waals surface area (Å²) in [5.41, 5.74) is 0.498. The van der Waals surface area contributed by atoms with Crippen LogP contribution < -0.4 is 10.2 Å². The number of ketones is 1. The second-order valence-corrected chi connectivity index (χ2v) is 4.22. The molecule has 1 aliphatic heterocycles. The topological polar surface area (TPSA) is 66.5 Å². The van der Waals surface area contributed by atoms with Crippen molar-refractivity contribution in [3.8, 4) is 0 Å². The van der Waals surface area contributed by atoms with Gasteiger partial charge >= 0.3 is 0 Å². The number of halogens is 1. The average molecular weight is 264 g/mol. The molecule has 0 saturated carbocycles. The molecule has 100 valence electrons. The molecule has 2 amide bonds. The number of hydrogen-bond acceptors (Lipinski definition) is 3. The van der Waals surface area contributed by atoms with Gasteiger partial charge in [-0.3, -0.25) is 14.4 Å². The molecule has 0 radical (unpaired) electrons. The number of fused-ring (bicyclic) bond motifs is 1. The molecular formula is C13H13FN2O3. The van der Waals surface area contributed by atoms with Crippen LogP contribution in [0.15, 0.2) is 18.2 Å². The van der Waals surface area contributed by atoms with Crippen molar-refractivity contribution in [3.63, 3.8) is 0 Å². The van der Waals surface area contributed by atoms with E-state index in [9.17, 15) is 18.8 Å². The maximum atomic E-state index is 13.2. The zero-order chi connectivity index (χ0) is 14.0. The van der Waals surface area contributed by atoms with E-state index in [-0.39, 0.29) is 30.1 Å². The molecule has 0 aromatic heterocycles. The lowest BCUT2D eigenvalue weighted by Crippen LogP contribution is -2.31. The maximum Gasteiger partial charge on any atom is 0.299 e. The average Bonchev–Trinajstić information content (AvgIpc) is 2.63. The standard InChI is InChI=1S/C13H13FN2O3/c1-15-11(17)3-2-6-16-10-7-8(14)4-5-9(10)12(18)13(16)19/h4-5,7H,2-3,6H2,1H3,(H,15,17). The Morgan fingerprint density at radius 3 is 2.79 bits per heavy atom. The van der Waals surface area contributed by atoms with Crippen molar-refractivity contribution in [1.29, 1.82) is 0 Å². The minimum absolute atomic E-state index is 0.141. The first-order valence-electron chi connectivity index (χ1n) is 5.91. The summed E-state index contributed by atoms with van der Waals surface area (Å²) in [6.45, 7) is 0.217. The van der Waals surface area contributed by atoms with E-state index in [2.05, 4.69) is 5.32 Å². The fourth-order valence-corrected chi connectivity index (χ4v) is 2.01. The van der Waals surface area contributed by atoms with Crippen LogP contribution in [-0.4, -0.2) is 31.2 Å². The minimum Gasteiger partial charge on any atom is -0.359 e. The summed E-state index contributed by atoms with van der Waals surface area (Å²) in [5, 5.41) is 2.47. The Bertz CT molecular complexity index is 557. The van der Waals surface area contributed by atoms with Gasteiger partial charge in [-0.2, -0.15) is 0 Å². The van der Waals surface area contributed by atoms with Gasteiger partial charge in [0.15, 0.2) is 0 Å². The van der Waals surface area contributed by atoms with Crippen LogP contribution in [0.4, 0.5) is 10.1 Å². The second-order valence-electron chi connectivity index (χ2n) is 4.22. The van der Waals surface area contributed by atoms with E-state index < -0.39 is 17.5 Å². The molecule has 0 aliphatic carbocycles. The lowest BCUT2D eigenvalue weighted by atomic mass is 10.1. The maximum absolute atomic E-state index is 13.2. The summed E-state index contributed by atoms with van der Waals surface area (Å²) >= 11 is 0. The van der Waals surface area contributed by atoms with Gasteiger partial charge in [-0.1, -0.05) is 0 Å². The molecule has 0 fully saturated rings. The van der Waals surface area contributed by atoms with Crippen LogP contribution in [0.1, 0.15) is 23.2 Å². The van der Waals surface area contributed by atoms with Gasteiger partial charge in [0.25, 0.3) is 11.7 Å². The number of carbonyl (C=O) groups excluding carboxylic acids is 3. The van der Waals surface area contributed by atoms with Crippen LogP contribution in [0.2, 0.25) is 0 Å². The van der Waals surface area contributed by atoms with E-state index in [4.69, 9.17) is 0 Å². The Balaban J connectivity index is 2.14. The zero-order valence-electron chi connectivity index (χ0n) is 10.4. The number of carbonyl (C=O) groups is 3. The highest BCUT2D eigenvalue weighted by atomic mass is 19.1. The van der Waals surface area contributed by atoms with Crippen molar-refractivity contribution in [2.24, 2.45) is 0 Å². The van der Waals surface area contributed by atoms with Crippen LogP contribution in [0.3, 0.4) is 0 Å². The van der Waals surface area contributed by atoms with Crippen LogP contribution in [0, 0.1) is 5.82 Å². The first-order valence-corrected chi connectivity index (χ1v) is 5.91. The van der Waals surface area contributed by atoms with Gasteiger partial charge < -0.3 is 10.2 Å². The first-order chi connectivity index (χ1) is 9.04. The summed E-state index contributed by atoms with van der Waals surface area (Å²) in [7, 11) is 1.53. The fraction of sp³-hybridized carbons (Fsp3) is 0.308. The molecule has 1 aromatic rings. The molecule has 6 heteroatoms. The summed E-state index contributed by atoms with van der Waals surface area (Å²) < 4.78 is 13.2. The molecule has 1 heterocycles. The van der Waals surface area contributed by atoms with E-state index in [0.717, 1.165) is 12.1 Å². The SMILES string of the molecule is CNC(=O)CCCN1C(=O)C(=O)c2ccc(F)cc21. The summed E-state index contributed by atoms with van der Waals surface area (Å²) in [5.74, 6) is -1.94. The van der Waals surface area contributed by atoms with E-state index in [1.165, 1.54) is 18.0 Å². The molecule has 0 bridgehead atoms. The predicted octanol–water partition coefficient (Wildman–Crippen LogP) is 0.881. The number of rotatable bonds is 4. The minimum atomic E-state index is -0.669. The molecule has 1 aromatic carbocycles. The van der Waals surface area contributed by atoms with Gasteiger partial charge in [0, 0.05) is 20.0 Å². The van der Waals surface area contributed by atoms with Gasteiger partial charge in [0.1, 0.15) is 5.82 Å². The van der Waals surface area contributed by atoms with Crippen LogP contribution in [-0.2, 0) is 9.59 Å². The molecule has 0 unspecified atom stereocenters. The summed E-state index contributed by atoms with van der Waals surface area (Å²) in [4.78, 5) is 35.8. The molecule has 1 aliphatic rings. The highest BCUT2D eigenvalue weighted by Gasteiger charge is 2.35. The molecule has 5 nitrogen and oxygen atoms in total. The first kappa shape index (κ1) is 13.2. The zero-order valence-corrected chi connectivity index (χ0v) is 10.4. The summed E-state index contributed by atoms with van der Waals surface area (Å²) in [6, 6.07) is 3.62. The molecule has 0 saturated heterocycles. The third kappa shape index (κ3) is 2.47. The van der Waals surface area contributed by atoms with Crippen molar-refractivity contribution >= 4 is 23.3 Å². The Morgan fingerprint density at radius 1 is 1.37 bits per heavy atom. The number of benzene rings is 1. The Labute approximate surface area is 109 Å². The van der Waals surface area contributed by atoms with Crippen molar-refractivity contribution in [1.82, 2.24) is 5.32 Å². The number of nitrogens with one attached hydrogen (secondary N) is 1. The lowest BCUT2D eigenvalue weighted by molar-refractivity contribution is -0.121. The van der Waals surface area contributed by atoms with E-state index in [1.54, 1.807) is 0 Å². The van der Waals surface area contributed by atoms with Crippen LogP contribution >= 0.6 is 0 Å². The quantitative estimate of drug-likeness (QED) is 0.821. The third-order valence-corrected chi connectivity index (χ3v) is 3.00. The number of Topliss-reactive ketones (excluding diaryl/α,β-unsaturated/α-hetero) is 1. The smallest absolute Gasteiger partial charge is 0.299 e. The molecule has 2 rings (SSSR count). The van der Waals surface area contributed by atoms with E-state index >= 15 is 0 Å². The number of hydrogen-bond donors (Lipinski definition) is 1. The predicted molar refractivity (Wildman–Crippen MR) is 66.4 cm³/mol. The molecular weight excluding hydrogens is 251 g/mol. The van der Waals surface area contributed by atoms with E-state index in [1.807, 2.05) is 0 Å². The highest BCUT2D eigenvalue weighted by Crippen LogP contribution is 2.29. The van der Waals surface area contributed by atoms with Gasteiger partial charge in [0.2, 0.25) is 5.91 Å². The Kier molecular flexibility index (Phi) is 3.59. The van der Waals surface area contributed by atoms with Gasteiger partial charge in [-0.15, -0.1) is 0 Å². The number of anilines is 1. The number of amides is 2. The normalized spacial score (nSPS) is 13.7. The van der Waals surface area contributed by atoms with Crippen molar-refractivity contribution in [3.05, 3.63) is 29.6 Å². The largest absolute Gasteiger partial charge is 0.359 e. The molecule has 0 spiro atoms. The van der Waals surface area contributed by atoms with Crippen molar-refractivity contribution in [2.45, 2.75) is 12.8 Å². The third-order valence-electron chi connectivity index (χ3n) is 3.00. The molecule has 0 atom stereocenters. The van der Waals surface area contributed by atoms with Crippen LogP contribution in [0.5, 0.6) is 0 Å². The van der Waals surface area contributed by atoms with E-state index in [0.29, 0.717) is 6.42 Å². The molecule has 19 heavy (non-hydrogen) atoms. The number of nitrogens with zero attached hydrogens (tertiary/aromatic N) is 1. The van der Waals surface area contributed by atoms with Gasteiger partial charge in [0.05, 0.1) is 11.3 Å². The highest BCUT2D eigenvalue weighted by molar-refractivity contribution is 6.52. The van der Waals surface area contributed by atoms with Crippen LogP contribution in [0.25, 0.3) is 0 Å². The Morgan fingerprint density at radius 2 is 2.11 bits per heavy atom. The monoisotopic (exact) mass is 264 g/mol. The Hall–Kier alpha value is -2.24.